The van der Waals surface area contributed by atoms with E-state index in [1.807, 2.05) is 12.3 Å². The highest BCUT2D eigenvalue weighted by Gasteiger charge is 2.26. The number of nitrogens with one attached hydrogen (secondary N) is 1. The van der Waals surface area contributed by atoms with E-state index in [4.69, 9.17) is 0 Å². The summed E-state index contributed by atoms with van der Waals surface area (Å²) in [5, 5.41) is 3.25. The quantitative estimate of drug-likeness (QED) is 0.848. The topological polar surface area (TPSA) is 44.3 Å². The first-order valence-electron chi connectivity index (χ1n) is 7.19. The Bertz CT molecular complexity index is 393. The lowest BCUT2D eigenvalue weighted by Crippen LogP contribution is -2.38. The Kier molecular flexibility index (Phi) is 4.96. The SMILES string of the molecule is CCCNc1nccc(N2CCCC2CN(C)C)n1. The van der Waals surface area contributed by atoms with E-state index in [9.17, 15) is 0 Å². The number of hydrogen-bond acceptors (Lipinski definition) is 5. The van der Waals surface area contributed by atoms with Gasteiger partial charge in [-0.15, -0.1) is 0 Å². The number of nitrogens with zero attached hydrogens (tertiary/aromatic N) is 4. The Morgan fingerprint density at radius 1 is 1.47 bits per heavy atom. The van der Waals surface area contributed by atoms with E-state index < -0.39 is 0 Å². The molecular formula is C14H25N5. The normalized spacial score (nSPS) is 19.2. The predicted octanol–water partition coefficient (Wildman–Crippen LogP) is 1.83. The summed E-state index contributed by atoms with van der Waals surface area (Å²) in [6, 6.07) is 2.59. The maximum atomic E-state index is 4.63. The van der Waals surface area contributed by atoms with Gasteiger partial charge in [0.25, 0.3) is 0 Å². The zero-order valence-corrected chi connectivity index (χ0v) is 12.3. The number of anilines is 2. The summed E-state index contributed by atoms with van der Waals surface area (Å²) < 4.78 is 0. The first kappa shape index (κ1) is 14.1. The number of likely N-dealkylation sites (N-methyl/N-ethyl adjacent to an activating group) is 1. The van der Waals surface area contributed by atoms with Crippen LogP contribution in [0.4, 0.5) is 11.8 Å². The van der Waals surface area contributed by atoms with E-state index in [0.717, 1.165) is 37.8 Å². The Labute approximate surface area is 116 Å². The van der Waals surface area contributed by atoms with Gasteiger partial charge in [-0.1, -0.05) is 6.92 Å². The van der Waals surface area contributed by atoms with Gasteiger partial charge in [0, 0.05) is 31.9 Å². The van der Waals surface area contributed by atoms with E-state index in [2.05, 4.69) is 46.1 Å². The third-order valence-electron chi connectivity index (χ3n) is 3.42. The zero-order chi connectivity index (χ0) is 13.7. The molecule has 1 N–H and O–H groups in total. The van der Waals surface area contributed by atoms with Gasteiger partial charge in [-0.3, -0.25) is 0 Å². The van der Waals surface area contributed by atoms with Crippen LogP contribution < -0.4 is 10.2 Å². The van der Waals surface area contributed by atoms with E-state index in [-0.39, 0.29) is 0 Å². The minimum atomic E-state index is 0.573. The lowest BCUT2D eigenvalue weighted by molar-refractivity contribution is 0.371. The number of hydrogen-bond donors (Lipinski definition) is 1. The molecule has 1 saturated heterocycles. The van der Waals surface area contributed by atoms with Crippen molar-refractivity contribution >= 4 is 11.8 Å². The van der Waals surface area contributed by atoms with Crippen LogP contribution in [0.3, 0.4) is 0 Å². The van der Waals surface area contributed by atoms with Gasteiger partial charge in [0.05, 0.1) is 0 Å². The monoisotopic (exact) mass is 263 g/mol. The molecule has 0 aromatic carbocycles. The zero-order valence-electron chi connectivity index (χ0n) is 12.3. The van der Waals surface area contributed by atoms with Crippen molar-refractivity contribution in [3.8, 4) is 0 Å². The lowest BCUT2D eigenvalue weighted by atomic mass is 10.2. The fourth-order valence-electron chi connectivity index (χ4n) is 2.58. The Morgan fingerprint density at radius 2 is 2.32 bits per heavy atom. The van der Waals surface area contributed by atoms with E-state index in [1.165, 1.54) is 12.8 Å². The molecule has 0 spiro atoms. The van der Waals surface area contributed by atoms with Crippen LogP contribution in [0.15, 0.2) is 12.3 Å². The Hall–Kier alpha value is -1.36. The molecule has 1 unspecified atom stereocenters. The van der Waals surface area contributed by atoms with Crippen molar-refractivity contribution in [3.63, 3.8) is 0 Å². The molecule has 1 aromatic heterocycles. The predicted molar refractivity (Wildman–Crippen MR) is 79.7 cm³/mol. The van der Waals surface area contributed by atoms with Crippen molar-refractivity contribution in [1.29, 1.82) is 0 Å². The molecule has 0 amide bonds. The summed E-state index contributed by atoms with van der Waals surface area (Å²) in [6.45, 7) is 5.25. The van der Waals surface area contributed by atoms with Gasteiger partial charge in [0.1, 0.15) is 5.82 Å². The molecular weight excluding hydrogens is 238 g/mol. The summed E-state index contributed by atoms with van der Waals surface area (Å²) in [6.07, 6.45) is 5.44. The van der Waals surface area contributed by atoms with Crippen LogP contribution in [-0.2, 0) is 0 Å². The summed E-state index contributed by atoms with van der Waals surface area (Å²) in [5.41, 5.74) is 0. The first-order valence-corrected chi connectivity index (χ1v) is 7.19. The van der Waals surface area contributed by atoms with Gasteiger partial charge in [0.15, 0.2) is 0 Å². The van der Waals surface area contributed by atoms with Crippen LogP contribution in [0.25, 0.3) is 0 Å². The highest BCUT2D eigenvalue weighted by molar-refractivity contribution is 5.44. The van der Waals surface area contributed by atoms with Crippen LogP contribution in [0.1, 0.15) is 26.2 Å². The molecule has 1 atom stereocenters. The third-order valence-corrected chi connectivity index (χ3v) is 3.42. The van der Waals surface area contributed by atoms with Crippen molar-refractivity contribution in [2.24, 2.45) is 0 Å². The van der Waals surface area contributed by atoms with Crippen molar-refractivity contribution in [1.82, 2.24) is 14.9 Å². The molecule has 0 radical (unpaired) electrons. The van der Waals surface area contributed by atoms with Gasteiger partial charge in [-0.05, 0) is 39.4 Å². The Morgan fingerprint density at radius 3 is 3.05 bits per heavy atom. The second kappa shape index (κ2) is 6.70. The minimum Gasteiger partial charge on any atom is -0.354 e. The molecule has 0 bridgehead atoms. The van der Waals surface area contributed by atoms with Gasteiger partial charge >= 0.3 is 0 Å². The highest BCUT2D eigenvalue weighted by Crippen LogP contribution is 2.24. The molecule has 5 heteroatoms. The molecule has 106 valence electrons. The van der Waals surface area contributed by atoms with Crippen LogP contribution >= 0.6 is 0 Å². The van der Waals surface area contributed by atoms with Gasteiger partial charge in [0.2, 0.25) is 5.95 Å². The van der Waals surface area contributed by atoms with Crippen LogP contribution in [-0.4, -0.2) is 54.6 Å². The summed E-state index contributed by atoms with van der Waals surface area (Å²) >= 11 is 0. The Balaban J connectivity index is 2.07. The molecule has 1 aliphatic rings. The van der Waals surface area contributed by atoms with Crippen LogP contribution in [0.5, 0.6) is 0 Å². The fourth-order valence-corrected chi connectivity index (χ4v) is 2.58. The highest BCUT2D eigenvalue weighted by atomic mass is 15.3. The van der Waals surface area contributed by atoms with Crippen LogP contribution in [0.2, 0.25) is 0 Å². The molecule has 2 heterocycles. The minimum absolute atomic E-state index is 0.573. The number of aromatic nitrogens is 2. The van der Waals surface area contributed by atoms with Crippen LogP contribution in [0, 0.1) is 0 Å². The first-order chi connectivity index (χ1) is 9.20. The van der Waals surface area contributed by atoms with Crippen molar-refractivity contribution < 1.29 is 0 Å². The van der Waals surface area contributed by atoms with Crippen molar-refractivity contribution in [2.75, 3.05) is 43.9 Å². The second-order valence-corrected chi connectivity index (χ2v) is 5.42. The maximum Gasteiger partial charge on any atom is 0.224 e. The molecule has 1 aromatic rings. The standard InChI is InChI=1S/C14H25N5/c1-4-8-15-14-16-9-7-13(17-14)19-10-5-6-12(19)11-18(2)3/h7,9,12H,4-6,8,10-11H2,1-3H3,(H,15,16,17). The molecule has 0 aliphatic carbocycles. The number of rotatable bonds is 6. The summed E-state index contributed by atoms with van der Waals surface area (Å²) in [4.78, 5) is 13.6. The largest absolute Gasteiger partial charge is 0.354 e. The molecule has 2 rings (SSSR count). The second-order valence-electron chi connectivity index (χ2n) is 5.42. The van der Waals surface area contributed by atoms with Crippen molar-refractivity contribution in [3.05, 3.63) is 12.3 Å². The fraction of sp³-hybridized carbons (Fsp3) is 0.714. The molecule has 19 heavy (non-hydrogen) atoms. The molecule has 1 aliphatic heterocycles. The van der Waals surface area contributed by atoms with Crippen molar-refractivity contribution in [2.45, 2.75) is 32.2 Å². The van der Waals surface area contributed by atoms with Gasteiger partial charge in [-0.25, -0.2) is 4.98 Å². The van der Waals surface area contributed by atoms with Gasteiger partial charge in [-0.2, -0.15) is 4.98 Å². The molecule has 1 fully saturated rings. The summed E-state index contributed by atoms with van der Waals surface area (Å²) in [5.74, 6) is 1.80. The van der Waals surface area contributed by atoms with Gasteiger partial charge < -0.3 is 15.1 Å². The average molecular weight is 263 g/mol. The third kappa shape index (κ3) is 3.80. The van der Waals surface area contributed by atoms with E-state index >= 15 is 0 Å². The average Bonchev–Trinajstić information content (AvgIpc) is 2.84. The van der Waals surface area contributed by atoms with E-state index in [1.54, 1.807) is 0 Å². The van der Waals surface area contributed by atoms with E-state index in [0.29, 0.717) is 6.04 Å². The molecule has 5 nitrogen and oxygen atoms in total. The lowest BCUT2D eigenvalue weighted by Gasteiger charge is -2.28. The summed E-state index contributed by atoms with van der Waals surface area (Å²) in [7, 11) is 4.26. The molecule has 0 saturated carbocycles. The smallest absolute Gasteiger partial charge is 0.224 e. The maximum absolute atomic E-state index is 4.63.